The Morgan fingerprint density at radius 3 is 2.82 bits per heavy atom. The molecule has 0 saturated carbocycles. The summed E-state index contributed by atoms with van der Waals surface area (Å²) in [5.41, 5.74) is 1.20. The third kappa shape index (κ3) is 3.88. The van der Waals surface area contributed by atoms with Gasteiger partial charge in [-0.2, -0.15) is 5.10 Å². The second-order valence-electron chi connectivity index (χ2n) is 5.18. The van der Waals surface area contributed by atoms with Gasteiger partial charge in [-0.25, -0.2) is 15.0 Å². The Bertz CT molecular complexity index is 696. The van der Waals surface area contributed by atoms with Crippen molar-refractivity contribution in [3.63, 3.8) is 0 Å². The smallest absolute Gasteiger partial charge is 0.137 e. The fourth-order valence-electron chi connectivity index (χ4n) is 2.25. The van der Waals surface area contributed by atoms with Crippen LogP contribution in [0.3, 0.4) is 0 Å². The lowest BCUT2D eigenvalue weighted by molar-refractivity contribution is 0.558. The zero-order valence-electron chi connectivity index (χ0n) is 12.4. The SMILES string of the molecule is C[C@H](Cn1cncn1)Nc1ccnc(Cc2ccccc2)n1. The minimum Gasteiger partial charge on any atom is -0.366 e. The molecule has 112 valence electrons. The predicted octanol–water partition coefficient (Wildman–Crippen LogP) is 2.16. The van der Waals surface area contributed by atoms with Crippen molar-refractivity contribution in [1.29, 1.82) is 0 Å². The molecule has 1 aromatic carbocycles. The Hall–Kier alpha value is -2.76. The molecule has 6 heteroatoms. The first-order chi connectivity index (χ1) is 10.8. The predicted molar refractivity (Wildman–Crippen MR) is 84.4 cm³/mol. The van der Waals surface area contributed by atoms with E-state index in [9.17, 15) is 0 Å². The van der Waals surface area contributed by atoms with Crippen molar-refractivity contribution in [2.75, 3.05) is 5.32 Å². The molecule has 0 radical (unpaired) electrons. The number of nitrogens with zero attached hydrogens (tertiary/aromatic N) is 5. The first-order valence-electron chi connectivity index (χ1n) is 7.24. The quantitative estimate of drug-likeness (QED) is 0.754. The summed E-state index contributed by atoms with van der Waals surface area (Å²) < 4.78 is 1.80. The van der Waals surface area contributed by atoms with Crippen molar-refractivity contribution in [3.8, 4) is 0 Å². The number of aromatic nitrogens is 5. The van der Waals surface area contributed by atoms with Gasteiger partial charge in [-0.1, -0.05) is 30.3 Å². The molecule has 0 saturated heterocycles. The van der Waals surface area contributed by atoms with E-state index in [1.807, 2.05) is 24.3 Å². The van der Waals surface area contributed by atoms with Gasteiger partial charge in [-0.05, 0) is 18.6 Å². The molecule has 22 heavy (non-hydrogen) atoms. The van der Waals surface area contributed by atoms with Crippen LogP contribution in [0.25, 0.3) is 0 Å². The van der Waals surface area contributed by atoms with Crippen LogP contribution in [0.5, 0.6) is 0 Å². The molecule has 3 rings (SSSR count). The zero-order valence-corrected chi connectivity index (χ0v) is 12.4. The van der Waals surface area contributed by atoms with E-state index >= 15 is 0 Å². The molecule has 0 amide bonds. The number of hydrogen-bond acceptors (Lipinski definition) is 5. The van der Waals surface area contributed by atoms with Crippen molar-refractivity contribution >= 4 is 5.82 Å². The van der Waals surface area contributed by atoms with E-state index in [4.69, 9.17) is 0 Å². The maximum absolute atomic E-state index is 4.57. The van der Waals surface area contributed by atoms with Gasteiger partial charge < -0.3 is 5.32 Å². The van der Waals surface area contributed by atoms with Crippen LogP contribution in [0.4, 0.5) is 5.82 Å². The van der Waals surface area contributed by atoms with Crippen LogP contribution in [-0.4, -0.2) is 30.8 Å². The summed E-state index contributed by atoms with van der Waals surface area (Å²) in [4.78, 5) is 12.9. The van der Waals surface area contributed by atoms with Crippen LogP contribution in [-0.2, 0) is 13.0 Å². The van der Waals surface area contributed by atoms with E-state index < -0.39 is 0 Å². The van der Waals surface area contributed by atoms with Gasteiger partial charge in [0.2, 0.25) is 0 Å². The Kier molecular flexibility index (Phi) is 4.38. The summed E-state index contributed by atoms with van der Waals surface area (Å²) in [5.74, 6) is 1.64. The van der Waals surface area contributed by atoms with Crippen molar-refractivity contribution in [2.45, 2.75) is 25.9 Å². The van der Waals surface area contributed by atoms with Crippen LogP contribution in [0, 0.1) is 0 Å². The molecule has 3 aromatic rings. The molecule has 1 atom stereocenters. The largest absolute Gasteiger partial charge is 0.366 e. The Morgan fingerprint density at radius 1 is 1.18 bits per heavy atom. The summed E-state index contributed by atoms with van der Waals surface area (Å²) in [7, 11) is 0. The first kappa shape index (κ1) is 14.2. The Balaban J connectivity index is 1.63. The molecule has 0 aliphatic heterocycles. The number of hydrogen-bond donors (Lipinski definition) is 1. The van der Waals surface area contributed by atoms with E-state index in [1.165, 1.54) is 11.9 Å². The highest BCUT2D eigenvalue weighted by molar-refractivity contribution is 5.34. The van der Waals surface area contributed by atoms with Gasteiger partial charge in [0, 0.05) is 18.7 Å². The maximum atomic E-state index is 4.57. The van der Waals surface area contributed by atoms with E-state index in [0.29, 0.717) is 0 Å². The van der Waals surface area contributed by atoms with Gasteiger partial charge in [0.05, 0.1) is 6.54 Å². The molecule has 0 fully saturated rings. The average Bonchev–Trinajstić information content (AvgIpc) is 3.01. The topological polar surface area (TPSA) is 68.5 Å². The molecule has 1 N–H and O–H groups in total. The minimum absolute atomic E-state index is 0.196. The summed E-state index contributed by atoms with van der Waals surface area (Å²) in [5, 5.41) is 7.47. The van der Waals surface area contributed by atoms with Gasteiger partial charge >= 0.3 is 0 Å². The number of rotatable bonds is 6. The number of anilines is 1. The van der Waals surface area contributed by atoms with Gasteiger partial charge in [-0.3, -0.25) is 4.68 Å². The van der Waals surface area contributed by atoms with Gasteiger partial charge in [-0.15, -0.1) is 0 Å². The van der Waals surface area contributed by atoms with E-state index in [1.54, 1.807) is 17.2 Å². The van der Waals surface area contributed by atoms with Crippen molar-refractivity contribution < 1.29 is 0 Å². The van der Waals surface area contributed by atoms with Crippen LogP contribution in [0.15, 0.2) is 55.2 Å². The van der Waals surface area contributed by atoms with Crippen LogP contribution < -0.4 is 5.32 Å². The third-order valence-electron chi connectivity index (χ3n) is 3.23. The van der Waals surface area contributed by atoms with Crippen LogP contribution in [0.2, 0.25) is 0 Å². The van der Waals surface area contributed by atoms with E-state index in [2.05, 4.69) is 44.4 Å². The third-order valence-corrected chi connectivity index (χ3v) is 3.23. The first-order valence-corrected chi connectivity index (χ1v) is 7.24. The summed E-state index contributed by atoms with van der Waals surface area (Å²) >= 11 is 0. The summed E-state index contributed by atoms with van der Waals surface area (Å²) in [6.07, 6.45) is 5.76. The maximum Gasteiger partial charge on any atom is 0.137 e. The monoisotopic (exact) mass is 294 g/mol. The van der Waals surface area contributed by atoms with Gasteiger partial charge in [0.1, 0.15) is 24.3 Å². The normalized spacial score (nSPS) is 12.0. The summed E-state index contributed by atoms with van der Waals surface area (Å²) in [6.45, 7) is 2.82. The minimum atomic E-state index is 0.196. The molecule has 0 aliphatic carbocycles. The molecule has 2 aromatic heterocycles. The highest BCUT2D eigenvalue weighted by Crippen LogP contribution is 2.09. The molecule has 0 aliphatic rings. The molecular formula is C16H18N6. The fourth-order valence-corrected chi connectivity index (χ4v) is 2.25. The molecule has 2 heterocycles. The lowest BCUT2D eigenvalue weighted by Gasteiger charge is -2.14. The lowest BCUT2D eigenvalue weighted by Crippen LogP contribution is -2.23. The second-order valence-corrected chi connectivity index (χ2v) is 5.18. The Morgan fingerprint density at radius 2 is 2.05 bits per heavy atom. The van der Waals surface area contributed by atoms with Crippen molar-refractivity contribution in [1.82, 2.24) is 24.7 Å². The standard InChI is InChI=1S/C16H18N6/c1-13(10-22-12-17-11-19-22)20-15-7-8-18-16(21-15)9-14-5-3-2-4-6-14/h2-8,11-13H,9-10H2,1H3,(H,18,20,21)/t13-/m1/s1. The lowest BCUT2D eigenvalue weighted by atomic mass is 10.1. The highest BCUT2D eigenvalue weighted by atomic mass is 15.3. The van der Waals surface area contributed by atoms with Crippen molar-refractivity contribution in [2.24, 2.45) is 0 Å². The highest BCUT2D eigenvalue weighted by Gasteiger charge is 2.06. The van der Waals surface area contributed by atoms with E-state index in [-0.39, 0.29) is 6.04 Å². The van der Waals surface area contributed by atoms with Crippen LogP contribution in [0.1, 0.15) is 18.3 Å². The summed E-state index contributed by atoms with van der Waals surface area (Å²) in [6, 6.07) is 12.3. The van der Waals surface area contributed by atoms with Crippen LogP contribution >= 0.6 is 0 Å². The number of benzene rings is 1. The zero-order chi connectivity index (χ0) is 15.2. The molecular weight excluding hydrogens is 276 g/mol. The van der Waals surface area contributed by atoms with Crippen molar-refractivity contribution in [3.05, 3.63) is 66.6 Å². The molecule has 6 nitrogen and oxygen atoms in total. The number of nitrogens with one attached hydrogen (secondary N) is 1. The van der Waals surface area contributed by atoms with E-state index in [0.717, 1.165) is 24.6 Å². The molecule has 0 bridgehead atoms. The average molecular weight is 294 g/mol. The molecule has 0 unspecified atom stereocenters. The van der Waals surface area contributed by atoms with Gasteiger partial charge in [0.15, 0.2) is 0 Å². The second kappa shape index (κ2) is 6.80. The molecule has 0 spiro atoms. The Labute approximate surface area is 129 Å². The van der Waals surface area contributed by atoms with Gasteiger partial charge in [0.25, 0.3) is 0 Å². The fraction of sp³-hybridized carbons (Fsp3) is 0.250.